The second-order valence-corrected chi connectivity index (χ2v) is 8.31. The molecule has 1 aliphatic heterocycles. The molecule has 1 N–H and O–H groups in total. The number of anilines is 2. The van der Waals surface area contributed by atoms with Crippen LogP contribution in [0.15, 0.2) is 6.33 Å². The minimum atomic E-state index is 0.790. The van der Waals surface area contributed by atoms with Gasteiger partial charge in [-0.15, -0.1) is 11.3 Å². The predicted molar refractivity (Wildman–Crippen MR) is 111 cm³/mol. The van der Waals surface area contributed by atoms with Gasteiger partial charge in [0.25, 0.3) is 0 Å². The van der Waals surface area contributed by atoms with Crippen LogP contribution in [0.1, 0.15) is 37.3 Å². The van der Waals surface area contributed by atoms with Gasteiger partial charge in [0.05, 0.1) is 23.4 Å². The Labute approximate surface area is 163 Å². The van der Waals surface area contributed by atoms with Crippen LogP contribution in [0, 0.1) is 0 Å². The first-order valence-corrected chi connectivity index (χ1v) is 10.8. The predicted octanol–water partition coefficient (Wildman–Crippen LogP) is 3.78. The fraction of sp³-hybridized carbons (Fsp3) is 0.550. The molecule has 0 spiro atoms. The number of thiophene rings is 1. The molecular formula is C20H25N5OS. The minimum absolute atomic E-state index is 0.790. The van der Waals surface area contributed by atoms with E-state index in [0.717, 1.165) is 73.0 Å². The van der Waals surface area contributed by atoms with E-state index in [0.29, 0.717) is 0 Å². The van der Waals surface area contributed by atoms with Gasteiger partial charge in [-0.2, -0.15) is 0 Å². The largest absolute Gasteiger partial charge is 0.378 e. The smallest absolute Gasteiger partial charge is 0.147 e. The number of hydrogen-bond acceptors (Lipinski definition) is 7. The molecule has 6 nitrogen and oxygen atoms in total. The molecule has 0 bridgehead atoms. The van der Waals surface area contributed by atoms with Crippen LogP contribution >= 0.6 is 11.3 Å². The average molecular weight is 384 g/mol. The van der Waals surface area contributed by atoms with Crippen LogP contribution in [0.2, 0.25) is 0 Å². The molecule has 142 valence electrons. The maximum Gasteiger partial charge on any atom is 0.147 e. The molecule has 2 aliphatic rings. The third-order valence-corrected chi connectivity index (χ3v) is 6.66. The number of hydrogen-bond donors (Lipinski definition) is 1. The van der Waals surface area contributed by atoms with Crippen molar-refractivity contribution in [2.45, 2.75) is 39.0 Å². The van der Waals surface area contributed by atoms with Crippen LogP contribution in [0.4, 0.5) is 11.6 Å². The zero-order valence-electron chi connectivity index (χ0n) is 15.8. The topological polar surface area (TPSA) is 63.2 Å². The zero-order chi connectivity index (χ0) is 18.2. The molecule has 7 heteroatoms. The van der Waals surface area contributed by atoms with E-state index in [9.17, 15) is 0 Å². The molecular weight excluding hydrogens is 358 g/mol. The number of pyridine rings is 1. The lowest BCUT2D eigenvalue weighted by Gasteiger charge is -2.29. The number of unbranched alkanes of at least 4 members (excludes halogenated alkanes) is 1. The first-order valence-electron chi connectivity index (χ1n) is 10.0. The van der Waals surface area contributed by atoms with Gasteiger partial charge in [0.15, 0.2) is 0 Å². The summed E-state index contributed by atoms with van der Waals surface area (Å²) in [5.41, 5.74) is 3.97. The van der Waals surface area contributed by atoms with E-state index in [1.54, 1.807) is 17.7 Å². The molecule has 3 aromatic rings. The summed E-state index contributed by atoms with van der Waals surface area (Å²) < 4.78 is 6.69. The van der Waals surface area contributed by atoms with E-state index >= 15 is 0 Å². The molecule has 27 heavy (non-hydrogen) atoms. The number of rotatable bonds is 5. The normalized spacial score (nSPS) is 17.0. The summed E-state index contributed by atoms with van der Waals surface area (Å²) in [6, 6.07) is 0. The summed E-state index contributed by atoms with van der Waals surface area (Å²) >= 11 is 1.73. The number of ether oxygens (including phenoxy) is 1. The molecule has 3 aromatic heterocycles. The Morgan fingerprint density at radius 3 is 2.89 bits per heavy atom. The van der Waals surface area contributed by atoms with Gasteiger partial charge >= 0.3 is 0 Å². The van der Waals surface area contributed by atoms with Crippen LogP contribution < -0.4 is 10.2 Å². The standard InChI is InChI=1S/C20H25N5OS/c1-2-3-7-21-18-17-16(22-12-23-18)15-13-5-4-6-14(13)19(24-20(15)27-17)25-8-10-26-11-9-25/h12H,2-11H2,1H3,(H,21,22,23). The van der Waals surface area contributed by atoms with Crippen molar-refractivity contribution < 1.29 is 4.74 Å². The Morgan fingerprint density at radius 2 is 2.04 bits per heavy atom. The van der Waals surface area contributed by atoms with Gasteiger partial charge in [-0.25, -0.2) is 15.0 Å². The molecule has 0 unspecified atom stereocenters. The molecule has 0 atom stereocenters. The van der Waals surface area contributed by atoms with Crippen molar-refractivity contribution in [2.75, 3.05) is 43.1 Å². The van der Waals surface area contributed by atoms with Gasteiger partial charge in [0.1, 0.15) is 22.8 Å². The van der Waals surface area contributed by atoms with Crippen LogP contribution in [0.25, 0.3) is 20.4 Å². The SMILES string of the molecule is CCCCNc1ncnc2c1sc1nc(N3CCOCC3)c3c(c12)CCC3. The maximum absolute atomic E-state index is 5.55. The van der Waals surface area contributed by atoms with Crippen LogP contribution in [-0.4, -0.2) is 47.8 Å². The quantitative estimate of drug-likeness (QED) is 0.677. The Morgan fingerprint density at radius 1 is 1.19 bits per heavy atom. The van der Waals surface area contributed by atoms with Gasteiger partial charge in [0, 0.05) is 25.0 Å². The Hall–Kier alpha value is -1.99. The maximum atomic E-state index is 5.55. The first-order chi connectivity index (χ1) is 13.4. The third-order valence-electron chi connectivity index (χ3n) is 5.58. The Bertz CT molecular complexity index is 980. The summed E-state index contributed by atoms with van der Waals surface area (Å²) in [4.78, 5) is 17.8. The van der Waals surface area contributed by atoms with Crippen LogP contribution in [0.3, 0.4) is 0 Å². The summed E-state index contributed by atoms with van der Waals surface area (Å²) in [5.74, 6) is 2.13. The monoisotopic (exact) mass is 383 g/mol. The molecule has 0 aromatic carbocycles. The third kappa shape index (κ3) is 2.93. The molecule has 1 aliphatic carbocycles. The molecule has 0 saturated carbocycles. The van der Waals surface area contributed by atoms with E-state index in [1.807, 2.05) is 0 Å². The second-order valence-electron chi connectivity index (χ2n) is 7.31. The number of nitrogens with zero attached hydrogens (tertiary/aromatic N) is 4. The number of aryl methyl sites for hydroxylation is 1. The van der Waals surface area contributed by atoms with Crippen molar-refractivity contribution in [1.29, 1.82) is 0 Å². The van der Waals surface area contributed by atoms with Crippen molar-refractivity contribution in [3.63, 3.8) is 0 Å². The molecule has 0 radical (unpaired) electrons. The highest BCUT2D eigenvalue weighted by molar-refractivity contribution is 7.26. The summed E-state index contributed by atoms with van der Waals surface area (Å²) in [7, 11) is 0. The lowest BCUT2D eigenvalue weighted by Crippen LogP contribution is -2.37. The van der Waals surface area contributed by atoms with E-state index in [2.05, 4.69) is 27.1 Å². The fourth-order valence-electron chi connectivity index (χ4n) is 4.22. The fourth-order valence-corrected chi connectivity index (χ4v) is 5.34. The van der Waals surface area contributed by atoms with Gasteiger partial charge in [-0.05, 0) is 36.8 Å². The van der Waals surface area contributed by atoms with Gasteiger partial charge < -0.3 is 15.0 Å². The van der Waals surface area contributed by atoms with Gasteiger partial charge in [0.2, 0.25) is 0 Å². The average Bonchev–Trinajstić information content (AvgIpc) is 3.32. The first kappa shape index (κ1) is 17.1. The van der Waals surface area contributed by atoms with E-state index in [4.69, 9.17) is 9.72 Å². The zero-order valence-corrected chi connectivity index (χ0v) is 16.6. The molecule has 5 rings (SSSR count). The molecule has 1 saturated heterocycles. The van der Waals surface area contributed by atoms with E-state index < -0.39 is 0 Å². The van der Waals surface area contributed by atoms with Gasteiger partial charge in [-0.1, -0.05) is 13.3 Å². The van der Waals surface area contributed by atoms with E-state index in [1.165, 1.54) is 35.2 Å². The summed E-state index contributed by atoms with van der Waals surface area (Å²) in [6.45, 7) is 6.59. The van der Waals surface area contributed by atoms with Crippen LogP contribution in [0.5, 0.6) is 0 Å². The lowest BCUT2D eigenvalue weighted by atomic mass is 10.1. The highest BCUT2D eigenvalue weighted by Gasteiger charge is 2.27. The van der Waals surface area contributed by atoms with Crippen molar-refractivity contribution in [2.24, 2.45) is 0 Å². The van der Waals surface area contributed by atoms with E-state index in [-0.39, 0.29) is 0 Å². The second kappa shape index (κ2) is 7.20. The van der Waals surface area contributed by atoms with Crippen molar-refractivity contribution in [3.8, 4) is 0 Å². The number of aromatic nitrogens is 3. The van der Waals surface area contributed by atoms with Crippen LogP contribution in [-0.2, 0) is 17.6 Å². The Balaban J connectivity index is 1.66. The summed E-state index contributed by atoms with van der Waals surface area (Å²) in [6.07, 6.45) is 7.46. The number of nitrogens with one attached hydrogen (secondary N) is 1. The highest BCUT2D eigenvalue weighted by Crippen LogP contribution is 2.43. The van der Waals surface area contributed by atoms with Crippen molar-refractivity contribution in [1.82, 2.24) is 15.0 Å². The summed E-state index contributed by atoms with van der Waals surface area (Å²) in [5, 5.41) is 4.76. The highest BCUT2D eigenvalue weighted by atomic mass is 32.1. The molecule has 4 heterocycles. The van der Waals surface area contributed by atoms with Crippen molar-refractivity contribution in [3.05, 3.63) is 17.5 Å². The van der Waals surface area contributed by atoms with Gasteiger partial charge in [-0.3, -0.25) is 0 Å². The minimum Gasteiger partial charge on any atom is -0.378 e. The Kier molecular flexibility index (Phi) is 4.57. The van der Waals surface area contributed by atoms with Crippen molar-refractivity contribution >= 4 is 43.4 Å². The lowest BCUT2D eigenvalue weighted by molar-refractivity contribution is 0.122. The molecule has 0 amide bonds. The number of morpholine rings is 1. The molecule has 1 fully saturated rings. The number of fused-ring (bicyclic) bond motifs is 5.